The molecule has 0 saturated heterocycles. The zero-order valence-corrected chi connectivity index (χ0v) is 16.2. The van der Waals surface area contributed by atoms with Gasteiger partial charge in [-0.3, -0.25) is 4.79 Å². The first-order valence-electron chi connectivity index (χ1n) is 9.00. The number of alkyl halides is 2. The van der Waals surface area contributed by atoms with E-state index in [0.717, 1.165) is 0 Å². The summed E-state index contributed by atoms with van der Waals surface area (Å²) in [6, 6.07) is 13.6. The summed E-state index contributed by atoms with van der Waals surface area (Å²) in [6.45, 7) is -0.476. The SMILES string of the molecule is CCNC(=NCc1cc(OC)ccc1OC(F)F)NCC(=O)Nc1ccccc1. The summed E-state index contributed by atoms with van der Waals surface area (Å²) >= 11 is 0. The molecule has 0 spiro atoms. The van der Waals surface area contributed by atoms with Crippen LogP contribution in [0.15, 0.2) is 53.5 Å². The van der Waals surface area contributed by atoms with Gasteiger partial charge in [0.05, 0.1) is 20.2 Å². The Hall–Kier alpha value is -3.36. The molecule has 0 aliphatic rings. The van der Waals surface area contributed by atoms with Crippen molar-refractivity contribution < 1.29 is 23.0 Å². The molecule has 29 heavy (non-hydrogen) atoms. The molecule has 0 aromatic heterocycles. The van der Waals surface area contributed by atoms with Gasteiger partial charge in [-0.1, -0.05) is 18.2 Å². The molecule has 0 heterocycles. The molecular weight excluding hydrogens is 382 g/mol. The standard InChI is InChI=1S/C20H24F2N4O3/c1-3-23-20(25-13-18(27)26-15-7-5-4-6-8-15)24-12-14-11-16(28-2)9-10-17(14)29-19(21)22/h4-11,19H,3,12-13H2,1-2H3,(H,26,27)(H2,23,24,25). The highest BCUT2D eigenvalue weighted by Crippen LogP contribution is 2.26. The number of ether oxygens (including phenoxy) is 2. The first-order valence-corrected chi connectivity index (χ1v) is 9.00. The van der Waals surface area contributed by atoms with Crippen LogP contribution in [0.4, 0.5) is 14.5 Å². The second-order valence-electron chi connectivity index (χ2n) is 5.82. The fraction of sp³-hybridized carbons (Fsp3) is 0.300. The van der Waals surface area contributed by atoms with Crippen LogP contribution in [0, 0.1) is 0 Å². The van der Waals surface area contributed by atoms with E-state index in [4.69, 9.17) is 4.74 Å². The molecule has 7 nitrogen and oxygen atoms in total. The van der Waals surface area contributed by atoms with Crippen molar-refractivity contribution in [1.29, 1.82) is 0 Å². The van der Waals surface area contributed by atoms with Crippen molar-refractivity contribution in [2.45, 2.75) is 20.1 Å². The van der Waals surface area contributed by atoms with Crippen LogP contribution in [0.3, 0.4) is 0 Å². The van der Waals surface area contributed by atoms with Crippen LogP contribution in [0.5, 0.6) is 11.5 Å². The molecule has 3 N–H and O–H groups in total. The van der Waals surface area contributed by atoms with E-state index in [-0.39, 0.29) is 24.7 Å². The maximum Gasteiger partial charge on any atom is 0.387 e. The van der Waals surface area contributed by atoms with Crippen LogP contribution >= 0.6 is 0 Å². The van der Waals surface area contributed by atoms with E-state index in [0.29, 0.717) is 29.5 Å². The molecule has 0 radical (unpaired) electrons. The van der Waals surface area contributed by atoms with Crippen molar-refractivity contribution in [1.82, 2.24) is 10.6 Å². The normalized spacial score (nSPS) is 11.1. The number of halogens is 2. The van der Waals surface area contributed by atoms with Gasteiger partial charge in [0.1, 0.15) is 11.5 Å². The number of methoxy groups -OCH3 is 1. The topological polar surface area (TPSA) is 84.0 Å². The van der Waals surface area contributed by atoms with E-state index < -0.39 is 6.61 Å². The van der Waals surface area contributed by atoms with E-state index in [1.165, 1.54) is 19.2 Å². The van der Waals surface area contributed by atoms with Gasteiger partial charge in [0, 0.05) is 17.8 Å². The lowest BCUT2D eigenvalue weighted by atomic mass is 10.2. The molecule has 9 heteroatoms. The summed E-state index contributed by atoms with van der Waals surface area (Å²) in [5.41, 5.74) is 1.11. The zero-order valence-electron chi connectivity index (χ0n) is 16.2. The quantitative estimate of drug-likeness (QED) is 0.441. The van der Waals surface area contributed by atoms with Gasteiger partial charge in [-0.15, -0.1) is 0 Å². The van der Waals surface area contributed by atoms with E-state index >= 15 is 0 Å². The average molecular weight is 406 g/mol. The summed E-state index contributed by atoms with van der Waals surface area (Å²) in [6.07, 6.45) is 0. The number of nitrogens with zero attached hydrogens (tertiary/aromatic N) is 1. The number of hydrogen-bond donors (Lipinski definition) is 3. The van der Waals surface area contributed by atoms with Gasteiger partial charge < -0.3 is 25.4 Å². The van der Waals surface area contributed by atoms with E-state index in [1.54, 1.807) is 18.2 Å². The van der Waals surface area contributed by atoms with Crippen molar-refractivity contribution in [2.24, 2.45) is 4.99 Å². The van der Waals surface area contributed by atoms with Gasteiger partial charge in [0.2, 0.25) is 5.91 Å². The second kappa shape index (κ2) is 11.5. The Balaban J connectivity index is 2.03. The minimum Gasteiger partial charge on any atom is -0.497 e. The largest absolute Gasteiger partial charge is 0.497 e. The van der Waals surface area contributed by atoms with Gasteiger partial charge >= 0.3 is 6.61 Å². The number of aliphatic imine (C=N–C) groups is 1. The highest BCUT2D eigenvalue weighted by atomic mass is 19.3. The predicted octanol–water partition coefficient (Wildman–Crippen LogP) is 2.99. The Morgan fingerprint density at radius 2 is 1.90 bits per heavy atom. The number of guanidine groups is 1. The maximum atomic E-state index is 12.6. The second-order valence-corrected chi connectivity index (χ2v) is 5.82. The molecule has 2 rings (SSSR count). The van der Waals surface area contributed by atoms with Crippen LogP contribution in [0.25, 0.3) is 0 Å². The molecule has 0 saturated carbocycles. The summed E-state index contributed by atoms with van der Waals surface area (Å²) in [7, 11) is 1.48. The number of carbonyl (C=O) groups excluding carboxylic acids is 1. The fourth-order valence-corrected chi connectivity index (χ4v) is 2.41. The average Bonchev–Trinajstić information content (AvgIpc) is 2.71. The molecule has 2 aromatic rings. The molecule has 0 unspecified atom stereocenters. The minimum atomic E-state index is -2.95. The number of carbonyl (C=O) groups is 1. The van der Waals surface area contributed by atoms with Crippen molar-refractivity contribution in [2.75, 3.05) is 25.5 Å². The van der Waals surface area contributed by atoms with Gasteiger partial charge in [-0.25, -0.2) is 4.99 Å². The van der Waals surface area contributed by atoms with Crippen molar-refractivity contribution >= 4 is 17.6 Å². The van der Waals surface area contributed by atoms with Crippen molar-refractivity contribution in [3.63, 3.8) is 0 Å². The first kappa shape index (κ1) is 21.9. The van der Waals surface area contributed by atoms with Crippen molar-refractivity contribution in [3.8, 4) is 11.5 Å². The lowest BCUT2D eigenvalue weighted by Crippen LogP contribution is -2.41. The van der Waals surface area contributed by atoms with Crippen LogP contribution in [-0.2, 0) is 11.3 Å². The van der Waals surface area contributed by atoms with E-state index in [2.05, 4.69) is 25.7 Å². The monoisotopic (exact) mass is 406 g/mol. The van der Waals surface area contributed by atoms with Gasteiger partial charge in [-0.2, -0.15) is 8.78 Å². The molecule has 1 amide bonds. The van der Waals surface area contributed by atoms with Crippen LogP contribution in [0.1, 0.15) is 12.5 Å². The first-order chi connectivity index (χ1) is 14.0. The number of nitrogens with one attached hydrogen (secondary N) is 3. The maximum absolute atomic E-state index is 12.6. The fourth-order valence-electron chi connectivity index (χ4n) is 2.41. The minimum absolute atomic E-state index is 0.0147. The highest BCUT2D eigenvalue weighted by Gasteiger charge is 2.11. The number of anilines is 1. The van der Waals surface area contributed by atoms with Crippen molar-refractivity contribution in [3.05, 3.63) is 54.1 Å². The third-order valence-electron chi connectivity index (χ3n) is 3.71. The van der Waals surface area contributed by atoms with E-state index in [9.17, 15) is 13.6 Å². The number of para-hydroxylation sites is 1. The van der Waals surface area contributed by atoms with Crippen LogP contribution < -0.4 is 25.4 Å². The number of amides is 1. The smallest absolute Gasteiger partial charge is 0.387 e. The molecule has 0 atom stereocenters. The molecule has 156 valence electrons. The molecule has 0 fully saturated rings. The summed E-state index contributed by atoms with van der Waals surface area (Å²) < 4.78 is 34.9. The predicted molar refractivity (Wildman–Crippen MR) is 108 cm³/mol. The zero-order chi connectivity index (χ0) is 21.1. The lowest BCUT2D eigenvalue weighted by Gasteiger charge is -2.13. The summed E-state index contributed by atoms with van der Waals surface area (Å²) in [5.74, 6) is 0.630. The van der Waals surface area contributed by atoms with Gasteiger partial charge in [0.15, 0.2) is 5.96 Å². The molecule has 0 aliphatic carbocycles. The Labute approximate surface area is 168 Å². The van der Waals surface area contributed by atoms with Crippen LogP contribution in [-0.4, -0.2) is 38.7 Å². The molecule has 0 bridgehead atoms. The Kier molecular flexibility index (Phi) is 8.68. The summed E-state index contributed by atoms with van der Waals surface area (Å²) in [5, 5.41) is 8.66. The Morgan fingerprint density at radius 3 is 2.55 bits per heavy atom. The molecular formula is C20H24F2N4O3. The third-order valence-corrected chi connectivity index (χ3v) is 3.71. The number of benzene rings is 2. The Bertz CT molecular complexity index is 817. The molecule has 2 aromatic carbocycles. The van der Waals surface area contributed by atoms with E-state index in [1.807, 2.05) is 25.1 Å². The highest BCUT2D eigenvalue weighted by molar-refractivity contribution is 5.94. The molecule has 0 aliphatic heterocycles. The van der Waals surface area contributed by atoms with Gasteiger partial charge in [-0.05, 0) is 37.3 Å². The van der Waals surface area contributed by atoms with Crippen LogP contribution in [0.2, 0.25) is 0 Å². The Morgan fingerprint density at radius 1 is 1.14 bits per heavy atom. The number of hydrogen-bond acceptors (Lipinski definition) is 4. The summed E-state index contributed by atoms with van der Waals surface area (Å²) in [4.78, 5) is 16.4. The number of rotatable bonds is 9. The lowest BCUT2D eigenvalue weighted by molar-refractivity contribution is -0.115. The van der Waals surface area contributed by atoms with Gasteiger partial charge in [0.25, 0.3) is 0 Å². The third kappa shape index (κ3) is 7.65.